The van der Waals surface area contributed by atoms with E-state index in [0.717, 1.165) is 12.5 Å². The standard InChI is InChI=1S/C16H25NS/c1-13(2)16(15-6-4-3-5-7-15)11-17-10-14-8-9-18-12-14/h3-7,13-14,16-17H,8-12H2,1-2H3. The van der Waals surface area contributed by atoms with Gasteiger partial charge in [0.15, 0.2) is 0 Å². The molecule has 0 saturated carbocycles. The van der Waals surface area contributed by atoms with Gasteiger partial charge in [0.25, 0.3) is 0 Å². The van der Waals surface area contributed by atoms with Gasteiger partial charge < -0.3 is 5.32 Å². The van der Waals surface area contributed by atoms with Crippen molar-refractivity contribution in [3.05, 3.63) is 35.9 Å². The number of hydrogen-bond donors (Lipinski definition) is 1. The highest BCUT2D eigenvalue weighted by atomic mass is 32.2. The highest BCUT2D eigenvalue weighted by molar-refractivity contribution is 7.99. The Balaban J connectivity index is 1.83. The fourth-order valence-corrected chi connectivity index (χ4v) is 3.91. The molecule has 1 aliphatic rings. The molecule has 0 aliphatic carbocycles. The number of thioether (sulfide) groups is 1. The lowest BCUT2D eigenvalue weighted by atomic mass is 9.88. The van der Waals surface area contributed by atoms with Gasteiger partial charge >= 0.3 is 0 Å². The molecule has 1 aliphatic heterocycles. The molecule has 18 heavy (non-hydrogen) atoms. The van der Waals surface area contributed by atoms with E-state index in [1.165, 1.54) is 30.0 Å². The van der Waals surface area contributed by atoms with Crippen LogP contribution in [0.3, 0.4) is 0 Å². The molecule has 2 unspecified atom stereocenters. The third-order valence-corrected chi connectivity index (χ3v) is 5.09. The van der Waals surface area contributed by atoms with Crippen molar-refractivity contribution in [3.63, 3.8) is 0 Å². The fraction of sp³-hybridized carbons (Fsp3) is 0.625. The van der Waals surface area contributed by atoms with Crippen LogP contribution in [0.5, 0.6) is 0 Å². The average molecular weight is 263 g/mol. The Morgan fingerprint density at radius 1 is 1.28 bits per heavy atom. The fourth-order valence-electron chi connectivity index (χ4n) is 2.63. The zero-order valence-corrected chi connectivity index (χ0v) is 12.4. The minimum atomic E-state index is 0.639. The van der Waals surface area contributed by atoms with Gasteiger partial charge in [-0.05, 0) is 47.8 Å². The monoisotopic (exact) mass is 263 g/mol. The van der Waals surface area contributed by atoms with Crippen molar-refractivity contribution in [1.29, 1.82) is 0 Å². The molecule has 1 N–H and O–H groups in total. The molecule has 1 saturated heterocycles. The van der Waals surface area contributed by atoms with Crippen molar-refractivity contribution in [2.45, 2.75) is 26.2 Å². The molecule has 1 heterocycles. The summed E-state index contributed by atoms with van der Waals surface area (Å²) < 4.78 is 0. The summed E-state index contributed by atoms with van der Waals surface area (Å²) >= 11 is 2.10. The van der Waals surface area contributed by atoms with Crippen LogP contribution in [-0.2, 0) is 0 Å². The van der Waals surface area contributed by atoms with Crippen LogP contribution in [0, 0.1) is 11.8 Å². The van der Waals surface area contributed by atoms with Gasteiger partial charge in [0.05, 0.1) is 0 Å². The summed E-state index contributed by atoms with van der Waals surface area (Å²) in [6, 6.07) is 10.9. The average Bonchev–Trinajstić information content (AvgIpc) is 2.88. The maximum absolute atomic E-state index is 3.69. The van der Waals surface area contributed by atoms with Crippen LogP contribution in [0.4, 0.5) is 0 Å². The van der Waals surface area contributed by atoms with Gasteiger partial charge in [0, 0.05) is 6.54 Å². The Morgan fingerprint density at radius 2 is 2.06 bits per heavy atom. The topological polar surface area (TPSA) is 12.0 Å². The molecule has 0 aromatic heterocycles. The molecule has 0 spiro atoms. The van der Waals surface area contributed by atoms with Crippen LogP contribution in [0.2, 0.25) is 0 Å². The number of hydrogen-bond acceptors (Lipinski definition) is 2. The van der Waals surface area contributed by atoms with Crippen LogP contribution in [0.1, 0.15) is 31.7 Å². The first-order valence-electron chi connectivity index (χ1n) is 7.10. The van der Waals surface area contributed by atoms with Crippen molar-refractivity contribution >= 4 is 11.8 Å². The Labute approximate surface area is 116 Å². The smallest absolute Gasteiger partial charge is 0.00227 e. The lowest BCUT2D eigenvalue weighted by molar-refractivity contribution is 0.435. The SMILES string of the molecule is CC(C)C(CNCC1CCSC1)c1ccccc1. The van der Waals surface area contributed by atoms with Gasteiger partial charge in [-0.2, -0.15) is 11.8 Å². The predicted octanol–water partition coefficient (Wildman–Crippen LogP) is 3.77. The first-order valence-corrected chi connectivity index (χ1v) is 8.26. The molecule has 2 rings (SSSR count). The predicted molar refractivity (Wildman–Crippen MR) is 82.3 cm³/mol. The molecular weight excluding hydrogens is 238 g/mol. The van der Waals surface area contributed by atoms with Gasteiger partial charge in [-0.25, -0.2) is 0 Å². The third kappa shape index (κ3) is 4.03. The van der Waals surface area contributed by atoms with E-state index in [9.17, 15) is 0 Å². The normalized spacial score (nSPS) is 21.4. The third-order valence-electron chi connectivity index (χ3n) is 3.85. The van der Waals surface area contributed by atoms with Crippen LogP contribution < -0.4 is 5.32 Å². The number of rotatable bonds is 6. The molecule has 0 radical (unpaired) electrons. The largest absolute Gasteiger partial charge is 0.316 e. The second-order valence-electron chi connectivity index (χ2n) is 5.65. The second-order valence-corrected chi connectivity index (χ2v) is 6.80. The molecule has 0 bridgehead atoms. The summed E-state index contributed by atoms with van der Waals surface area (Å²) in [7, 11) is 0. The first kappa shape index (κ1) is 14.0. The van der Waals surface area contributed by atoms with Gasteiger partial charge in [-0.15, -0.1) is 0 Å². The molecule has 1 aromatic carbocycles. The van der Waals surface area contributed by atoms with E-state index in [2.05, 4.69) is 61.3 Å². The summed E-state index contributed by atoms with van der Waals surface area (Å²) in [6.45, 7) is 6.96. The Bertz CT molecular complexity index is 330. The Morgan fingerprint density at radius 3 is 2.67 bits per heavy atom. The maximum atomic E-state index is 3.69. The van der Waals surface area contributed by atoms with Crippen molar-refractivity contribution in [1.82, 2.24) is 5.32 Å². The molecule has 0 amide bonds. The van der Waals surface area contributed by atoms with Crippen LogP contribution >= 0.6 is 11.8 Å². The minimum absolute atomic E-state index is 0.639. The van der Waals surface area contributed by atoms with Crippen LogP contribution in [-0.4, -0.2) is 24.6 Å². The Kier molecular flexibility index (Phi) is 5.58. The summed E-state index contributed by atoms with van der Waals surface area (Å²) in [5.74, 6) is 4.94. The molecule has 2 atom stereocenters. The van der Waals surface area contributed by atoms with E-state index in [1.807, 2.05) is 0 Å². The van der Waals surface area contributed by atoms with Gasteiger partial charge in [-0.1, -0.05) is 44.2 Å². The Hall–Kier alpha value is -0.470. The number of benzene rings is 1. The lowest BCUT2D eigenvalue weighted by Gasteiger charge is -2.23. The molecule has 2 heteroatoms. The van der Waals surface area contributed by atoms with Crippen molar-refractivity contribution in [2.75, 3.05) is 24.6 Å². The second kappa shape index (κ2) is 7.20. The van der Waals surface area contributed by atoms with Crippen molar-refractivity contribution in [3.8, 4) is 0 Å². The zero-order valence-electron chi connectivity index (χ0n) is 11.6. The highest BCUT2D eigenvalue weighted by Gasteiger charge is 2.18. The minimum Gasteiger partial charge on any atom is -0.316 e. The molecular formula is C16H25NS. The summed E-state index contributed by atoms with van der Waals surface area (Å²) in [4.78, 5) is 0. The quantitative estimate of drug-likeness (QED) is 0.838. The summed E-state index contributed by atoms with van der Waals surface area (Å²) in [5, 5.41) is 3.69. The van der Waals surface area contributed by atoms with Gasteiger partial charge in [0.2, 0.25) is 0 Å². The van der Waals surface area contributed by atoms with Crippen LogP contribution in [0.25, 0.3) is 0 Å². The molecule has 1 aromatic rings. The van der Waals surface area contributed by atoms with E-state index >= 15 is 0 Å². The maximum Gasteiger partial charge on any atom is 0.00227 e. The zero-order chi connectivity index (χ0) is 12.8. The molecule has 1 nitrogen and oxygen atoms in total. The highest BCUT2D eigenvalue weighted by Crippen LogP contribution is 2.25. The van der Waals surface area contributed by atoms with Crippen LogP contribution in [0.15, 0.2) is 30.3 Å². The summed E-state index contributed by atoms with van der Waals surface area (Å²) in [6.07, 6.45) is 1.40. The molecule has 100 valence electrons. The van der Waals surface area contributed by atoms with Crippen molar-refractivity contribution in [2.24, 2.45) is 11.8 Å². The van der Waals surface area contributed by atoms with Gasteiger partial charge in [-0.3, -0.25) is 0 Å². The lowest BCUT2D eigenvalue weighted by Crippen LogP contribution is -2.29. The summed E-state index contributed by atoms with van der Waals surface area (Å²) in [5.41, 5.74) is 1.47. The van der Waals surface area contributed by atoms with E-state index < -0.39 is 0 Å². The van der Waals surface area contributed by atoms with Crippen molar-refractivity contribution < 1.29 is 0 Å². The molecule has 1 fully saturated rings. The van der Waals surface area contributed by atoms with E-state index in [4.69, 9.17) is 0 Å². The first-order chi connectivity index (χ1) is 8.77. The van der Waals surface area contributed by atoms with Gasteiger partial charge in [0.1, 0.15) is 0 Å². The number of nitrogens with one attached hydrogen (secondary N) is 1. The van der Waals surface area contributed by atoms with E-state index in [-0.39, 0.29) is 0 Å². The van der Waals surface area contributed by atoms with E-state index in [0.29, 0.717) is 11.8 Å². The van der Waals surface area contributed by atoms with E-state index in [1.54, 1.807) is 0 Å².